The molecule has 2 aliphatic heterocycles. The van der Waals surface area contributed by atoms with E-state index in [4.69, 9.17) is 4.52 Å². The third-order valence-electron chi connectivity index (χ3n) is 7.51. The SMILES string of the molecule is CC(C)c1nn(-c2noc(C3CCCC[N+]3(C(=O)CO)C3CCNCC3)n2)c2c(F)cccc12. The maximum atomic E-state index is 14.9. The van der Waals surface area contributed by atoms with Crippen LogP contribution in [0.5, 0.6) is 0 Å². The average molecular weight is 472 g/mol. The van der Waals surface area contributed by atoms with Crippen molar-refractivity contribution < 1.29 is 23.3 Å². The summed E-state index contributed by atoms with van der Waals surface area (Å²) >= 11 is 0. The lowest BCUT2D eigenvalue weighted by molar-refractivity contribution is -0.917. The number of fused-ring (bicyclic) bond motifs is 1. The van der Waals surface area contributed by atoms with Gasteiger partial charge in [-0.15, -0.1) is 0 Å². The number of aromatic nitrogens is 4. The van der Waals surface area contributed by atoms with Crippen LogP contribution in [0.4, 0.5) is 4.39 Å². The van der Waals surface area contributed by atoms with Crippen LogP contribution in [0.2, 0.25) is 0 Å². The van der Waals surface area contributed by atoms with Crippen molar-refractivity contribution in [1.29, 1.82) is 0 Å². The van der Waals surface area contributed by atoms with E-state index in [0.717, 1.165) is 44.5 Å². The van der Waals surface area contributed by atoms with E-state index in [1.54, 1.807) is 6.07 Å². The number of hydrogen-bond acceptors (Lipinski definition) is 7. The second-order valence-corrected chi connectivity index (χ2v) is 9.72. The molecule has 0 aliphatic carbocycles. The zero-order valence-corrected chi connectivity index (χ0v) is 19.7. The smallest absolute Gasteiger partial charge is 0.340 e. The number of nitrogens with zero attached hydrogens (tertiary/aromatic N) is 5. The molecule has 182 valence electrons. The van der Waals surface area contributed by atoms with Crippen LogP contribution >= 0.6 is 0 Å². The molecule has 9 nitrogen and oxygen atoms in total. The van der Waals surface area contributed by atoms with Crippen molar-refractivity contribution >= 4 is 16.8 Å². The van der Waals surface area contributed by atoms with Crippen molar-refractivity contribution in [2.45, 2.75) is 64.0 Å². The molecule has 5 rings (SSSR count). The highest BCUT2D eigenvalue weighted by atomic mass is 19.1. The molecule has 2 aromatic heterocycles. The molecule has 2 unspecified atom stereocenters. The Bertz CT molecular complexity index is 1180. The van der Waals surface area contributed by atoms with Crippen molar-refractivity contribution in [1.82, 2.24) is 25.2 Å². The van der Waals surface area contributed by atoms with Crippen LogP contribution in [-0.4, -0.2) is 67.7 Å². The first-order valence-corrected chi connectivity index (χ1v) is 12.2. The van der Waals surface area contributed by atoms with Gasteiger partial charge in [0.2, 0.25) is 0 Å². The van der Waals surface area contributed by atoms with Gasteiger partial charge in [0.05, 0.1) is 18.3 Å². The normalized spacial score (nSPS) is 24.2. The summed E-state index contributed by atoms with van der Waals surface area (Å²) in [5, 5.41) is 22.8. The minimum absolute atomic E-state index is 0.0806. The molecule has 4 heterocycles. The minimum Gasteiger partial charge on any atom is -0.382 e. The largest absolute Gasteiger partial charge is 0.382 e. The number of quaternary nitrogens is 1. The van der Waals surface area contributed by atoms with Crippen molar-refractivity contribution in [3.8, 4) is 5.95 Å². The van der Waals surface area contributed by atoms with Gasteiger partial charge in [0.15, 0.2) is 12.6 Å². The van der Waals surface area contributed by atoms with Gasteiger partial charge in [0, 0.05) is 37.7 Å². The lowest BCUT2D eigenvalue weighted by Gasteiger charge is -2.49. The van der Waals surface area contributed by atoms with Gasteiger partial charge < -0.3 is 14.9 Å². The number of aliphatic hydroxyl groups is 1. The number of carbonyl (C=O) groups excluding carboxylic acids is 1. The van der Waals surface area contributed by atoms with Crippen LogP contribution in [-0.2, 0) is 4.79 Å². The quantitative estimate of drug-likeness (QED) is 0.551. The van der Waals surface area contributed by atoms with Gasteiger partial charge in [0.1, 0.15) is 11.3 Å². The first-order chi connectivity index (χ1) is 16.5. The predicted octanol–water partition coefficient (Wildman–Crippen LogP) is 2.98. The van der Waals surface area contributed by atoms with E-state index < -0.39 is 12.4 Å². The lowest BCUT2D eigenvalue weighted by atomic mass is 9.90. The Hall–Kier alpha value is -2.69. The number of aliphatic hydroxyl groups excluding tert-OH is 1. The molecule has 2 fully saturated rings. The fourth-order valence-corrected chi connectivity index (χ4v) is 5.92. The summed E-state index contributed by atoms with van der Waals surface area (Å²) in [6.07, 6.45) is 4.23. The van der Waals surface area contributed by atoms with Crippen molar-refractivity contribution in [2.75, 3.05) is 26.2 Å². The first-order valence-electron chi connectivity index (χ1n) is 12.2. The molecule has 0 spiro atoms. The molecule has 0 bridgehead atoms. The number of amides is 1. The topological polar surface area (TPSA) is 106 Å². The Morgan fingerprint density at radius 2 is 2.09 bits per heavy atom. The number of hydrogen-bond donors (Lipinski definition) is 2. The molecule has 34 heavy (non-hydrogen) atoms. The monoisotopic (exact) mass is 471 g/mol. The van der Waals surface area contributed by atoms with Gasteiger partial charge in [0.25, 0.3) is 11.8 Å². The molecular formula is C24H32FN6O3+. The summed E-state index contributed by atoms with van der Waals surface area (Å²) in [5.41, 5.74) is 1.07. The van der Waals surface area contributed by atoms with Gasteiger partial charge in [-0.1, -0.05) is 26.0 Å². The molecular weight excluding hydrogens is 439 g/mol. The average Bonchev–Trinajstić information content (AvgIpc) is 3.50. The number of carbonyl (C=O) groups is 1. The molecule has 10 heteroatoms. The zero-order chi connectivity index (χ0) is 23.9. The highest BCUT2D eigenvalue weighted by Crippen LogP contribution is 2.42. The van der Waals surface area contributed by atoms with Gasteiger partial charge >= 0.3 is 5.91 Å². The number of benzene rings is 1. The maximum absolute atomic E-state index is 14.9. The number of nitrogens with one attached hydrogen (secondary N) is 1. The number of rotatable bonds is 5. The van der Waals surface area contributed by atoms with Crippen molar-refractivity contribution in [3.63, 3.8) is 0 Å². The lowest BCUT2D eigenvalue weighted by Crippen LogP contribution is -2.65. The second kappa shape index (κ2) is 9.16. The fraction of sp³-hybridized carbons (Fsp3) is 0.583. The van der Waals surface area contributed by atoms with E-state index in [9.17, 15) is 14.3 Å². The van der Waals surface area contributed by atoms with Crippen LogP contribution in [0.25, 0.3) is 16.9 Å². The maximum Gasteiger partial charge on any atom is 0.340 e. The summed E-state index contributed by atoms with van der Waals surface area (Å²) in [7, 11) is 0. The zero-order valence-electron chi connectivity index (χ0n) is 19.7. The van der Waals surface area contributed by atoms with Crippen LogP contribution in [0, 0.1) is 5.82 Å². The number of halogens is 1. The standard InChI is InChI=1S/C24H32FN6O3/c1-15(2)21-17-6-5-7-18(25)22(17)30(28-21)24-27-23(34-29-24)19-8-3-4-13-31(19,20(33)14-32)16-9-11-26-12-10-16/h5-7,15-16,19,26,32H,3-4,8-14H2,1-2H3/q+1. The van der Waals surface area contributed by atoms with Crippen LogP contribution in [0.3, 0.4) is 0 Å². The van der Waals surface area contributed by atoms with Gasteiger partial charge in [-0.3, -0.25) is 0 Å². The summed E-state index contributed by atoms with van der Waals surface area (Å²) in [6, 6.07) is 4.65. The van der Waals surface area contributed by atoms with Gasteiger partial charge in [-0.2, -0.15) is 14.8 Å². The van der Waals surface area contributed by atoms with E-state index in [2.05, 4.69) is 20.6 Å². The fourth-order valence-electron chi connectivity index (χ4n) is 5.92. The highest BCUT2D eigenvalue weighted by molar-refractivity contribution is 5.84. The Labute approximate surface area is 197 Å². The van der Waals surface area contributed by atoms with E-state index in [0.29, 0.717) is 29.8 Å². The van der Waals surface area contributed by atoms with E-state index in [1.807, 2.05) is 19.9 Å². The Kier molecular flexibility index (Phi) is 6.22. The second-order valence-electron chi connectivity index (χ2n) is 9.72. The van der Waals surface area contributed by atoms with E-state index in [1.165, 1.54) is 10.7 Å². The van der Waals surface area contributed by atoms with Crippen molar-refractivity contribution in [3.05, 3.63) is 35.6 Å². The van der Waals surface area contributed by atoms with E-state index >= 15 is 0 Å². The molecule has 2 saturated heterocycles. The third kappa shape index (κ3) is 3.64. The number of para-hydroxylation sites is 1. The van der Waals surface area contributed by atoms with Gasteiger partial charge in [-0.25, -0.2) is 13.7 Å². The first kappa shape index (κ1) is 23.1. The molecule has 3 aromatic rings. The van der Waals surface area contributed by atoms with Gasteiger partial charge in [-0.05, 0) is 30.0 Å². The molecule has 1 aromatic carbocycles. The summed E-state index contributed by atoms with van der Waals surface area (Å²) in [6.45, 7) is 5.80. The Morgan fingerprint density at radius 3 is 2.82 bits per heavy atom. The summed E-state index contributed by atoms with van der Waals surface area (Å²) in [4.78, 5) is 18.0. The minimum atomic E-state index is -0.520. The van der Waals surface area contributed by atoms with Crippen LogP contribution in [0.1, 0.15) is 69.5 Å². The molecule has 2 aliphatic rings. The van der Waals surface area contributed by atoms with Crippen LogP contribution < -0.4 is 5.32 Å². The van der Waals surface area contributed by atoms with Crippen molar-refractivity contribution in [2.24, 2.45) is 0 Å². The molecule has 2 atom stereocenters. The number of piperidine rings is 2. The number of likely N-dealkylation sites (tertiary alicyclic amines) is 1. The third-order valence-corrected chi connectivity index (χ3v) is 7.51. The molecule has 0 radical (unpaired) electrons. The summed E-state index contributed by atoms with van der Waals surface area (Å²) < 4.78 is 22.2. The molecule has 2 N–H and O–H groups in total. The highest BCUT2D eigenvalue weighted by Gasteiger charge is 2.53. The molecule has 1 amide bonds. The van der Waals surface area contributed by atoms with E-state index in [-0.39, 0.29) is 34.3 Å². The predicted molar refractivity (Wildman–Crippen MR) is 123 cm³/mol. The summed E-state index contributed by atoms with van der Waals surface area (Å²) in [5.74, 6) is -0.0181. The van der Waals surface area contributed by atoms with Crippen LogP contribution in [0.15, 0.2) is 22.7 Å². The Balaban J connectivity index is 1.59. The Morgan fingerprint density at radius 1 is 1.29 bits per heavy atom. The molecule has 0 saturated carbocycles.